The van der Waals surface area contributed by atoms with Gasteiger partial charge in [-0.25, -0.2) is 4.99 Å². The summed E-state index contributed by atoms with van der Waals surface area (Å²) in [4.78, 5) is 6.03. The second kappa shape index (κ2) is 10.9. The first kappa shape index (κ1) is 22.0. The molecule has 0 saturated heterocycles. The van der Waals surface area contributed by atoms with Crippen molar-refractivity contribution in [3.8, 4) is 0 Å². The van der Waals surface area contributed by atoms with Crippen molar-refractivity contribution in [2.45, 2.75) is 59.0 Å². The van der Waals surface area contributed by atoms with E-state index in [1.807, 2.05) is 24.6 Å². The molecule has 0 atom stereocenters. The highest BCUT2D eigenvalue weighted by molar-refractivity contribution is 7.09. The summed E-state index contributed by atoms with van der Waals surface area (Å²) in [6.45, 7) is 8.05. The zero-order valence-electron chi connectivity index (χ0n) is 18.2. The molecule has 3 aromatic rings. The van der Waals surface area contributed by atoms with E-state index >= 15 is 0 Å². The van der Waals surface area contributed by atoms with Crippen LogP contribution in [0.3, 0.4) is 0 Å². The van der Waals surface area contributed by atoms with Gasteiger partial charge in [0.05, 0.1) is 12.2 Å². The van der Waals surface area contributed by atoms with E-state index in [4.69, 9.17) is 4.52 Å². The maximum atomic E-state index is 5.53. The van der Waals surface area contributed by atoms with Crippen LogP contribution in [-0.2, 0) is 26.6 Å². The second-order valence-electron chi connectivity index (χ2n) is 7.23. The van der Waals surface area contributed by atoms with Crippen molar-refractivity contribution in [2.24, 2.45) is 12.0 Å². The molecule has 0 amide bonds. The number of guanidine groups is 1. The molecule has 0 aliphatic rings. The van der Waals surface area contributed by atoms with E-state index in [9.17, 15) is 0 Å². The lowest BCUT2D eigenvalue weighted by Gasteiger charge is -2.11. The van der Waals surface area contributed by atoms with Crippen LogP contribution in [-0.4, -0.2) is 32.4 Å². The molecule has 8 nitrogen and oxygen atoms in total. The molecule has 0 aliphatic heterocycles. The van der Waals surface area contributed by atoms with Crippen LogP contribution < -0.4 is 10.6 Å². The molecule has 3 aromatic heterocycles. The molecule has 0 fully saturated rings. The van der Waals surface area contributed by atoms with Crippen LogP contribution in [0.25, 0.3) is 0 Å². The SMILES string of the molecule is CCC(CC)c1cc(CNC(=NCc2nnc(C)n2C)NCCc2cccs2)on1. The van der Waals surface area contributed by atoms with Gasteiger partial charge in [0.2, 0.25) is 0 Å². The summed E-state index contributed by atoms with van der Waals surface area (Å²) >= 11 is 1.76. The van der Waals surface area contributed by atoms with Crippen molar-refractivity contribution in [1.29, 1.82) is 0 Å². The van der Waals surface area contributed by atoms with Gasteiger partial charge in [-0.1, -0.05) is 25.1 Å². The summed E-state index contributed by atoms with van der Waals surface area (Å²) in [7, 11) is 1.95. The van der Waals surface area contributed by atoms with Gasteiger partial charge in [-0.3, -0.25) is 0 Å². The standard InChI is InChI=1S/C21H31N7OS/c1-5-16(6-2)19-12-17(29-27-19)13-23-21(22-10-9-18-8-7-11-30-18)24-14-20-26-25-15(3)28(20)4/h7-8,11-12,16H,5-6,9-10,13-14H2,1-4H3,(H2,22,23,24). The Balaban J connectivity index is 1.62. The first-order valence-electron chi connectivity index (χ1n) is 10.5. The van der Waals surface area contributed by atoms with E-state index in [0.717, 1.165) is 48.9 Å². The summed E-state index contributed by atoms with van der Waals surface area (Å²) in [6, 6.07) is 6.26. The Kier molecular flexibility index (Phi) is 8.01. The van der Waals surface area contributed by atoms with E-state index in [1.165, 1.54) is 4.88 Å². The highest BCUT2D eigenvalue weighted by Crippen LogP contribution is 2.22. The predicted molar refractivity (Wildman–Crippen MR) is 120 cm³/mol. The summed E-state index contributed by atoms with van der Waals surface area (Å²) in [5.41, 5.74) is 1.02. The van der Waals surface area contributed by atoms with Crippen molar-refractivity contribution in [2.75, 3.05) is 6.54 Å². The normalized spacial score (nSPS) is 12.0. The Morgan fingerprint density at radius 2 is 2.10 bits per heavy atom. The van der Waals surface area contributed by atoms with Gasteiger partial charge >= 0.3 is 0 Å². The van der Waals surface area contributed by atoms with Gasteiger partial charge in [0, 0.05) is 30.5 Å². The minimum atomic E-state index is 0.443. The van der Waals surface area contributed by atoms with Crippen molar-refractivity contribution >= 4 is 17.3 Å². The van der Waals surface area contributed by atoms with Gasteiger partial charge in [0.1, 0.15) is 12.4 Å². The molecule has 9 heteroatoms. The fourth-order valence-corrected chi connectivity index (χ4v) is 3.86. The highest BCUT2D eigenvalue weighted by Gasteiger charge is 2.13. The molecule has 0 radical (unpaired) electrons. The van der Waals surface area contributed by atoms with Crippen molar-refractivity contribution in [3.63, 3.8) is 0 Å². The monoisotopic (exact) mass is 429 g/mol. The molecule has 162 valence electrons. The third-order valence-corrected chi connectivity index (χ3v) is 6.15. The van der Waals surface area contributed by atoms with E-state index < -0.39 is 0 Å². The Morgan fingerprint density at radius 3 is 2.77 bits per heavy atom. The molecule has 30 heavy (non-hydrogen) atoms. The number of aliphatic imine (C=N–C) groups is 1. The number of aromatic nitrogens is 4. The maximum absolute atomic E-state index is 5.53. The molecule has 0 aliphatic carbocycles. The van der Waals surface area contributed by atoms with Gasteiger partial charge in [-0.2, -0.15) is 0 Å². The smallest absolute Gasteiger partial charge is 0.192 e. The summed E-state index contributed by atoms with van der Waals surface area (Å²) in [6.07, 6.45) is 3.07. The van der Waals surface area contributed by atoms with E-state index in [1.54, 1.807) is 11.3 Å². The molecule has 0 unspecified atom stereocenters. The Morgan fingerprint density at radius 1 is 1.27 bits per heavy atom. The largest absolute Gasteiger partial charge is 0.359 e. The molecule has 3 rings (SSSR count). The van der Waals surface area contributed by atoms with Gasteiger partial charge in [-0.05, 0) is 37.6 Å². The molecule has 0 aromatic carbocycles. The minimum Gasteiger partial charge on any atom is -0.359 e. The van der Waals surface area contributed by atoms with Crippen LogP contribution in [0.4, 0.5) is 0 Å². The average Bonchev–Trinajstić information content (AvgIpc) is 3.49. The van der Waals surface area contributed by atoms with Crippen molar-refractivity contribution < 1.29 is 4.52 Å². The number of aryl methyl sites for hydroxylation is 1. The Bertz CT molecular complexity index is 925. The lowest BCUT2D eigenvalue weighted by Crippen LogP contribution is -2.38. The predicted octanol–water partition coefficient (Wildman–Crippen LogP) is 3.55. The average molecular weight is 430 g/mol. The van der Waals surface area contributed by atoms with Crippen LogP contribution in [0.1, 0.15) is 60.6 Å². The number of rotatable bonds is 10. The number of nitrogens with one attached hydrogen (secondary N) is 2. The Labute approximate surface area is 181 Å². The van der Waals surface area contributed by atoms with E-state index in [-0.39, 0.29) is 0 Å². The first-order valence-corrected chi connectivity index (χ1v) is 11.3. The lowest BCUT2D eigenvalue weighted by atomic mass is 9.99. The molecule has 0 saturated carbocycles. The zero-order valence-corrected chi connectivity index (χ0v) is 19.0. The highest BCUT2D eigenvalue weighted by atomic mass is 32.1. The minimum absolute atomic E-state index is 0.443. The van der Waals surface area contributed by atoms with Crippen LogP contribution in [0.15, 0.2) is 33.1 Å². The second-order valence-corrected chi connectivity index (χ2v) is 8.26. The van der Waals surface area contributed by atoms with Crippen LogP contribution in [0.5, 0.6) is 0 Å². The van der Waals surface area contributed by atoms with Gasteiger partial charge in [0.25, 0.3) is 0 Å². The fourth-order valence-electron chi connectivity index (χ4n) is 3.15. The van der Waals surface area contributed by atoms with Crippen LogP contribution in [0, 0.1) is 6.92 Å². The molecular weight excluding hydrogens is 398 g/mol. The summed E-state index contributed by atoms with van der Waals surface area (Å²) < 4.78 is 7.48. The van der Waals surface area contributed by atoms with Gasteiger partial charge in [-0.15, -0.1) is 21.5 Å². The van der Waals surface area contributed by atoms with Crippen LogP contribution in [0.2, 0.25) is 0 Å². The summed E-state index contributed by atoms with van der Waals surface area (Å²) in [5, 5.41) is 21.4. The number of hydrogen-bond donors (Lipinski definition) is 2. The maximum Gasteiger partial charge on any atom is 0.192 e. The molecule has 0 spiro atoms. The van der Waals surface area contributed by atoms with Crippen molar-refractivity contribution in [1.82, 2.24) is 30.6 Å². The van der Waals surface area contributed by atoms with Crippen LogP contribution >= 0.6 is 11.3 Å². The number of nitrogens with zero attached hydrogens (tertiary/aromatic N) is 5. The van der Waals surface area contributed by atoms with Gasteiger partial charge in [0.15, 0.2) is 17.5 Å². The Hall–Kier alpha value is -2.68. The lowest BCUT2D eigenvalue weighted by molar-refractivity contribution is 0.368. The first-order chi connectivity index (χ1) is 14.6. The summed E-state index contributed by atoms with van der Waals surface area (Å²) in [5.74, 6) is 3.66. The molecule has 2 N–H and O–H groups in total. The van der Waals surface area contributed by atoms with E-state index in [2.05, 4.69) is 62.3 Å². The number of hydrogen-bond acceptors (Lipinski definition) is 6. The quantitative estimate of drug-likeness (QED) is 0.378. The zero-order chi connectivity index (χ0) is 21.3. The molecule has 0 bridgehead atoms. The van der Waals surface area contributed by atoms with Gasteiger partial charge < -0.3 is 19.7 Å². The van der Waals surface area contributed by atoms with E-state index in [0.29, 0.717) is 25.0 Å². The van der Waals surface area contributed by atoms with Crippen molar-refractivity contribution in [3.05, 3.63) is 51.6 Å². The molecule has 3 heterocycles. The molecular formula is C21H31N7OS. The third kappa shape index (κ3) is 5.91. The number of thiophene rings is 1. The third-order valence-electron chi connectivity index (χ3n) is 5.22. The topological polar surface area (TPSA) is 93.2 Å². The fraction of sp³-hybridized carbons (Fsp3) is 0.524.